The normalized spacial score (nSPS) is 29.6. The second-order valence-corrected chi connectivity index (χ2v) is 10.1. The molecule has 170 valence electrons. The summed E-state index contributed by atoms with van der Waals surface area (Å²) in [7, 11) is 1.58. The van der Waals surface area contributed by atoms with Crippen molar-refractivity contribution in [3.8, 4) is 5.75 Å². The van der Waals surface area contributed by atoms with E-state index < -0.39 is 0 Å². The Morgan fingerprint density at radius 1 is 1.06 bits per heavy atom. The van der Waals surface area contributed by atoms with Crippen molar-refractivity contribution >= 4 is 17.5 Å². The number of ether oxygens (including phenoxy) is 1. The minimum Gasteiger partial charge on any atom is -0.495 e. The zero-order chi connectivity index (χ0) is 22.0. The van der Waals surface area contributed by atoms with Crippen LogP contribution in [0.3, 0.4) is 0 Å². The first-order valence-electron chi connectivity index (χ1n) is 11.9. The van der Waals surface area contributed by atoms with Crippen LogP contribution >= 0.6 is 0 Å². The topological polar surface area (TPSA) is 70.7 Å². The van der Waals surface area contributed by atoms with Gasteiger partial charge in [-0.2, -0.15) is 0 Å². The van der Waals surface area contributed by atoms with Gasteiger partial charge in [0.2, 0.25) is 11.8 Å². The van der Waals surface area contributed by atoms with E-state index in [1.165, 1.54) is 38.5 Å². The molecule has 6 nitrogen and oxygen atoms in total. The van der Waals surface area contributed by atoms with Crippen molar-refractivity contribution in [1.82, 2.24) is 10.2 Å². The van der Waals surface area contributed by atoms with Gasteiger partial charge in [0, 0.05) is 6.04 Å². The average molecular weight is 428 g/mol. The summed E-state index contributed by atoms with van der Waals surface area (Å²) in [5, 5.41) is 6.20. The number of likely N-dealkylation sites (N-methyl/N-ethyl adjacent to an activating group) is 1. The second-order valence-electron chi connectivity index (χ2n) is 10.1. The summed E-state index contributed by atoms with van der Waals surface area (Å²) in [5.41, 5.74) is 0.939. The van der Waals surface area contributed by atoms with Crippen molar-refractivity contribution in [2.75, 3.05) is 32.1 Å². The fourth-order valence-electron chi connectivity index (χ4n) is 6.77. The number of rotatable bonds is 9. The van der Waals surface area contributed by atoms with E-state index in [4.69, 9.17) is 4.74 Å². The molecule has 0 radical (unpaired) electrons. The van der Waals surface area contributed by atoms with Crippen LogP contribution in [-0.4, -0.2) is 49.5 Å². The van der Waals surface area contributed by atoms with Gasteiger partial charge < -0.3 is 15.4 Å². The number of benzene rings is 1. The Bertz CT molecular complexity index is 774. The van der Waals surface area contributed by atoms with Crippen molar-refractivity contribution in [1.29, 1.82) is 0 Å². The molecular weight excluding hydrogens is 390 g/mol. The first-order chi connectivity index (χ1) is 14.9. The summed E-state index contributed by atoms with van der Waals surface area (Å²) in [6, 6.07) is 7.55. The van der Waals surface area contributed by atoms with E-state index in [0.717, 1.165) is 17.8 Å². The lowest BCUT2D eigenvalue weighted by molar-refractivity contribution is -0.127. The third-order valence-corrected chi connectivity index (χ3v) is 7.94. The number of carbonyl (C=O) groups is 2. The summed E-state index contributed by atoms with van der Waals surface area (Å²) in [5.74, 6) is 3.12. The monoisotopic (exact) mass is 427 g/mol. The van der Waals surface area contributed by atoms with E-state index in [2.05, 4.69) is 17.6 Å². The van der Waals surface area contributed by atoms with Gasteiger partial charge in [0.05, 0.1) is 25.9 Å². The molecule has 4 saturated carbocycles. The highest BCUT2D eigenvalue weighted by Gasteiger charge is 2.53. The molecule has 4 aliphatic carbocycles. The third-order valence-electron chi connectivity index (χ3n) is 7.94. The molecular formula is C25H37N3O3. The minimum absolute atomic E-state index is 0.0233. The minimum atomic E-state index is -0.145. The Kier molecular flexibility index (Phi) is 6.56. The van der Waals surface area contributed by atoms with Crippen LogP contribution in [0.4, 0.5) is 5.69 Å². The number of nitrogens with one attached hydrogen (secondary N) is 2. The molecule has 31 heavy (non-hydrogen) atoms. The fourth-order valence-corrected chi connectivity index (χ4v) is 6.77. The molecule has 0 saturated heterocycles. The van der Waals surface area contributed by atoms with Crippen LogP contribution in [0, 0.1) is 23.2 Å². The molecule has 4 aliphatic rings. The highest BCUT2D eigenvalue weighted by molar-refractivity contribution is 5.94. The van der Waals surface area contributed by atoms with Crippen LogP contribution in [0.25, 0.3) is 0 Å². The smallest absolute Gasteiger partial charge is 0.238 e. The predicted octanol–water partition coefficient (Wildman–Crippen LogP) is 3.68. The van der Waals surface area contributed by atoms with Gasteiger partial charge in [-0.15, -0.1) is 0 Å². The molecule has 2 N–H and O–H groups in total. The summed E-state index contributed by atoms with van der Waals surface area (Å²) in [6.07, 6.45) is 8.05. The summed E-state index contributed by atoms with van der Waals surface area (Å²) < 4.78 is 5.29. The molecule has 0 aliphatic heterocycles. The van der Waals surface area contributed by atoms with Crippen LogP contribution < -0.4 is 15.4 Å². The van der Waals surface area contributed by atoms with Gasteiger partial charge >= 0.3 is 0 Å². The zero-order valence-corrected chi connectivity index (χ0v) is 19.2. The fraction of sp³-hybridized carbons (Fsp3) is 0.680. The number of hydrogen-bond donors (Lipinski definition) is 2. The van der Waals surface area contributed by atoms with Gasteiger partial charge in [-0.3, -0.25) is 14.5 Å². The molecule has 4 fully saturated rings. The number of anilines is 1. The molecule has 0 aromatic heterocycles. The van der Waals surface area contributed by atoms with Crippen LogP contribution in [0.5, 0.6) is 5.75 Å². The first kappa shape index (κ1) is 22.1. The van der Waals surface area contributed by atoms with Gasteiger partial charge in [0.1, 0.15) is 5.75 Å². The van der Waals surface area contributed by atoms with E-state index in [-0.39, 0.29) is 30.9 Å². The Balaban J connectivity index is 1.29. The highest BCUT2D eigenvalue weighted by Crippen LogP contribution is 2.61. The Labute approximate surface area is 186 Å². The molecule has 2 amide bonds. The summed E-state index contributed by atoms with van der Waals surface area (Å²) >= 11 is 0. The Morgan fingerprint density at radius 3 is 2.23 bits per heavy atom. The van der Waals surface area contributed by atoms with Gasteiger partial charge in [-0.05, 0) is 87.3 Å². The number of hydrogen-bond acceptors (Lipinski definition) is 4. The number of methoxy groups -OCH3 is 1. The van der Waals surface area contributed by atoms with Crippen molar-refractivity contribution in [2.45, 2.75) is 58.4 Å². The molecule has 4 bridgehead atoms. The molecule has 1 aromatic rings. The molecule has 6 heteroatoms. The maximum Gasteiger partial charge on any atom is 0.238 e. The van der Waals surface area contributed by atoms with Gasteiger partial charge in [-0.25, -0.2) is 0 Å². The lowest BCUT2D eigenvalue weighted by Crippen LogP contribution is -2.56. The maximum atomic E-state index is 12.9. The lowest BCUT2D eigenvalue weighted by Gasteiger charge is -2.59. The number of amides is 2. The van der Waals surface area contributed by atoms with E-state index in [1.54, 1.807) is 7.11 Å². The number of para-hydroxylation sites is 2. The average Bonchev–Trinajstić information content (AvgIpc) is 2.72. The van der Waals surface area contributed by atoms with E-state index in [9.17, 15) is 9.59 Å². The Hall–Kier alpha value is -2.08. The molecule has 1 aromatic carbocycles. The standard InChI is InChI=1S/C25H37N3O3/c1-4-28(16-24(30)27-21-7-5-6-8-22(21)31-3)15-23(29)26-17(2)25-12-18-9-19(13-25)11-20(10-18)14-25/h5-8,17-20H,4,9-16H2,1-3H3,(H,26,29)(H,27,30)/t17-,18?,19?,20?,25?/m1/s1. The zero-order valence-electron chi connectivity index (χ0n) is 19.2. The van der Waals surface area contributed by atoms with Crippen molar-refractivity contribution in [3.05, 3.63) is 24.3 Å². The summed E-state index contributed by atoms with van der Waals surface area (Å²) in [4.78, 5) is 27.3. The van der Waals surface area contributed by atoms with Crippen molar-refractivity contribution in [3.63, 3.8) is 0 Å². The molecule has 5 rings (SSSR count). The predicted molar refractivity (Wildman–Crippen MR) is 122 cm³/mol. The molecule has 0 unspecified atom stereocenters. The van der Waals surface area contributed by atoms with Gasteiger partial charge in [-0.1, -0.05) is 19.1 Å². The maximum absolute atomic E-state index is 12.9. The third kappa shape index (κ3) is 4.89. The van der Waals surface area contributed by atoms with Crippen LogP contribution in [-0.2, 0) is 9.59 Å². The van der Waals surface area contributed by atoms with Crippen molar-refractivity contribution < 1.29 is 14.3 Å². The second kappa shape index (κ2) is 9.19. The SMILES string of the molecule is CCN(CC(=O)Nc1ccccc1OC)CC(=O)N[C@H](C)C12CC3CC(CC(C3)C1)C2. The summed E-state index contributed by atoms with van der Waals surface area (Å²) in [6.45, 7) is 5.24. The van der Waals surface area contributed by atoms with Crippen molar-refractivity contribution in [2.24, 2.45) is 23.2 Å². The largest absolute Gasteiger partial charge is 0.495 e. The van der Waals surface area contributed by atoms with E-state index in [1.807, 2.05) is 36.1 Å². The first-order valence-corrected chi connectivity index (χ1v) is 11.9. The van der Waals surface area contributed by atoms with Gasteiger partial charge in [0.25, 0.3) is 0 Å². The molecule has 0 spiro atoms. The Morgan fingerprint density at radius 2 is 1.65 bits per heavy atom. The van der Waals surface area contributed by atoms with E-state index >= 15 is 0 Å². The van der Waals surface area contributed by atoms with Gasteiger partial charge in [0.15, 0.2) is 0 Å². The van der Waals surface area contributed by atoms with Crippen LogP contribution in [0.1, 0.15) is 52.4 Å². The number of nitrogens with zero attached hydrogens (tertiary/aromatic N) is 1. The van der Waals surface area contributed by atoms with E-state index in [0.29, 0.717) is 23.4 Å². The van der Waals surface area contributed by atoms with Crippen LogP contribution in [0.2, 0.25) is 0 Å². The number of carbonyl (C=O) groups excluding carboxylic acids is 2. The lowest BCUT2D eigenvalue weighted by atomic mass is 9.48. The quantitative estimate of drug-likeness (QED) is 0.631. The highest BCUT2D eigenvalue weighted by atomic mass is 16.5. The van der Waals surface area contributed by atoms with Crippen LogP contribution in [0.15, 0.2) is 24.3 Å². The molecule has 0 heterocycles. The molecule has 1 atom stereocenters.